The summed E-state index contributed by atoms with van der Waals surface area (Å²) in [5.41, 5.74) is 8.79. The van der Waals surface area contributed by atoms with Crippen LogP contribution in [0.5, 0.6) is 0 Å². The normalized spacial score (nSPS) is 30.9. The molecule has 0 N–H and O–H groups in total. The third-order valence-corrected chi connectivity index (χ3v) is 7.72. The molecule has 137 valence electrons. The van der Waals surface area contributed by atoms with Gasteiger partial charge in [-0.1, -0.05) is 31.2 Å². The minimum absolute atomic E-state index is 0. The van der Waals surface area contributed by atoms with Crippen LogP contribution in [0.1, 0.15) is 104 Å². The fourth-order valence-electron chi connectivity index (χ4n) is 6.34. The molecule has 2 fully saturated rings. The summed E-state index contributed by atoms with van der Waals surface area (Å²) in [6, 6.07) is 10.8. The van der Waals surface area contributed by atoms with E-state index in [1.165, 1.54) is 63.4 Å². The van der Waals surface area contributed by atoms with Crippen LogP contribution in [0.4, 0.5) is 0 Å². The van der Waals surface area contributed by atoms with E-state index in [-0.39, 0.29) is 20.1 Å². The van der Waals surface area contributed by atoms with E-state index in [1.807, 2.05) is 0 Å². The molecule has 0 aliphatic heterocycles. The van der Waals surface area contributed by atoms with E-state index in [9.17, 15) is 0 Å². The summed E-state index contributed by atoms with van der Waals surface area (Å²) in [4.78, 5) is 4.88. The van der Waals surface area contributed by atoms with Crippen LogP contribution in [-0.2, 0) is 20.1 Å². The van der Waals surface area contributed by atoms with Gasteiger partial charge in [0.1, 0.15) is 0 Å². The molecular formula is C24H26IrN-. The van der Waals surface area contributed by atoms with Crippen LogP contribution in [0.15, 0.2) is 24.4 Å². The number of hydrogen-bond donors (Lipinski definition) is 0. The average molecular weight is 521 g/mol. The van der Waals surface area contributed by atoms with E-state index in [2.05, 4.69) is 30.5 Å². The van der Waals surface area contributed by atoms with E-state index < -0.39 is 0 Å². The average Bonchev–Trinajstić information content (AvgIpc) is 3.03. The molecule has 1 aromatic heterocycles. The zero-order valence-corrected chi connectivity index (χ0v) is 17.7. The van der Waals surface area contributed by atoms with E-state index >= 15 is 0 Å². The molecule has 6 aliphatic rings. The standard InChI is InChI=1S/C24H26N.Ir/c1-2-15-4-5-16(3-1)21-12-19(10-11-20(15)21)24-13-22-17-6-8-18(9-7-17)23(22)14-25-24;/h11-18H,1-9H2;/q-1;. The van der Waals surface area contributed by atoms with Gasteiger partial charge >= 0.3 is 0 Å². The Morgan fingerprint density at radius 1 is 0.692 bits per heavy atom. The number of nitrogens with zero attached hydrogens (tertiary/aromatic N) is 1. The Kier molecular flexibility index (Phi) is 4.33. The van der Waals surface area contributed by atoms with Gasteiger partial charge in [0.05, 0.1) is 0 Å². The van der Waals surface area contributed by atoms with Crippen LogP contribution in [0.2, 0.25) is 0 Å². The minimum Gasteiger partial charge on any atom is -0.304 e. The second kappa shape index (κ2) is 6.57. The van der Waals surface area contributed by atoms with E-state index in [0.29, 0.717) is 0 Å². The zero-order valence-electron chi connectivity index (χ0n) is 15.3. The monoisotopic (exact) mass is 521 g/mol. The van der Waals surface area contributed by atoms with Crippen molar-refractivity contribution in [2.45, 2.75) is 81.5 Å². The van der Waals surface area contributed by atoms with Crippen LogP contribution in [0.3, 0.4) is 0 Å². The number of pyridine rings is 1. The molecule has 4 bridgehead atoms. The molecule has 2 unspecified atom stereocenters. The molecule has 2 atom stereocenters. The smallest absolute Gasteiger partial charge is 0.0198 e. The number of hydrogen-bond acceptors (Lipinski definition) is 1. The van der Waals surface area contributed by atoms with Crippen molar-refractivity contribution in [3.05, 3.63) is 52.7 Å². The summed E-state index contributed by atoms with van der Waals surface area (Å²) in [6.07, 6.45) is 14.7. The van der Waals surface area contributed by atoms with Gasteiger partial charge in [-0.3, -0.25) is 0 Å². The molecule has 2 heteroatoms. The molecule has 8 rings (SSSR count). The zero-order chi connectivity index (χ0) is 16.4. The predicted octanol–water partition coefficient (Wildman–Crippen LogP) is 6.45. The number of fused-ring (bicyclic) bond motifs is 5. The molecule has 2 saturated carbocycles. The van der Waals surface area contributed by atoms with Crippen LogP contribution < -0.4 is 0 Å². The van der Waals surface area contributed by atoms with Gasteiger partial charge in [-0.25, -0.2) is 0 Å². The Labute approximate surface area is 170 Å². The van der Waals surface area contributed by atoms with Crippen molar-refractivity contribution in [3.8, 4) is 11.3 Å². The summed E-state index contributed by atoms with van der Waals surface area (Å²) >= 11 is 0. The first-order valence-electron chi connectivity index (χ1n) is 10.4. The summed E-state index contributed by atoms with van der Waals surface area (Å²) in [5, 5.41) is 0. The SMILES string of the molecule is [Ir].[c-]1cc2c(cc1-c1cc3c(cn1)C1CCC3CC1)C1CCCC2CC1. The molecule has 2 aromatic rings. The summed E-state index contributed by atoms with van der Waals surface area (Å²) in [6.45, 7) is 0. The van der Waals surface area contributed by atoms with Crippen molar-refractivity contribution in [1.82, 2.24) is 4.98 Å². The number of aromatic nitrogens is 1. The maximum Gasteiger partial charge on any atom is 0.0198 e. The number of benzene rings is 1. The molecule has 1 heterocycles. The minimum atomic E-state index is 0. The molecule has 26 heavy (non-hydrogen) atoms. The van der Waals surface area contributed by atoms with Gasteiger partial charge in [-0.05, 0) is 73.1 Å². The van der Waals surface area contributed by atoms with Crippen LogP contribution in [0.25, 0.3) is 11.3 Å². The Bertz CT molecular complexity index is 830. The van der Waals surface area contributed by atoms with Crippen molar-refractivity contribution in [2.24, 2.45) is 0 Å². The summed E-state index contributed by atoms with van der Waals surface area (Å²) < 4.78 is 0. The van der Waals surface area contributed by atoms with Gasteiger partial charge in [0, 0.05) is 26.3 Å². The maximum absolute atomic E-state index is 4.88. The Balaban J connectivity index is 0.00000150. The van der Waals surface area contributed by atoms with Gasteiger partial charge in [0.2, 0.25) is 0 Å². The second-order valence-electron chi connectivity index (χ2n) is 8.91. The Morgan fingerprint density at radius 2 is 1.27 bits per heavy atom. The van der Waals surface area contributed by atoms with Gasteiger partial charge in [0.15, 0.2) is 0 Å². The van der Waals surface area contributed by atoms with E-state index in [0.717, 1.165) is 29.4 Å². The molecule has 0 amide bonds. The Hall–Kier alpha value is -0.981. The maximum atomic E-state index is 4.88. The van der Waals surface area contributed by atoms with Crippen LogP contribution >= 0.6 is 0 Å². The van der Waals surface area contributed by atoms with Gasteiger partial charge in [-0.2, -0.15) is 0 Å². The first-order chi connectivity index (χ1) is 12.4. The molecule has 1 nitrogen and oxygen atoms in total. The van der Waals surface area contributed by atoms with Gasteiger partial charge in [0.25, 0.3) is 0 Å². The summed E-state index contributed by atoms with van der Waals surface area (Å²) in [7, 11) is 0. The largest absolute Gasteiger partial charge is 0.304 e. The van der Waals surface area contributed by atoms with E-state index in [1.54, 1.807) is 22.3 Å². The topological polar surface area (TPSA) is 12.9 Å². The van der Waals surface area contributed by atoms with Crippen molar-refractivity contribution < 1.29 is 20.1 Å². The predicted molar refractivity (Wildman–Crippen MR) is 101 cm³/mol. The first kappa shape index (κ1) is 17.1. The van der Waals surface area contributed by atoms with E-state index in [4.69, 9.17) is 4.98 Å². The first-order valence-corrected chi connectivity index (χ1v) is 10.4. The van der Waals surface area contributed by atoms with Gasteiger partial charge < -0.3 is 4.98 Å². The van der Waals surface area contributed by atoms with Crippen molar-refractivity contribution in [1.29, 1.82) is 0 Å². The van der Waals surface area contributed by atoms with Crippen molar-refractivity contribution in [2.75, 3.05) is 0 Å². The third kappa shape index (κ3) is 2.56. The molecule has 1 aromatic carbocycles. The molecule has 0 saturated heterocycles. The van der Waals surface area contributed by atoms with Crippen molar-refractivity contribution >= 4 is 0 Å². The fourth-order valence-corrected chi connectivity index (χ4v) is 6.34. The molecule has 6 aliphatic carbocycles. The Morgan fingerprint density at radius 3 is 2.00 bits per heavy atom. The quantitative estimate of drug-likeness (QED) is 0.394. The van der Waals surface area contributed by atoms with Crippen LogP contribution in [0, 0.1) is 6.07 Å². The molecule has 1 radical (unpaired) electrons. The van der Waals surface area contributed by atoms with Crippen molar-refractivity contribution in [3.63, 3.8) is 0 Å². The molecule has 0 spiro atoms. The summed E-state index contributed by atoms with van der Waals surface area (Å²) in [5.74, 6) is 3.16. The third-order valence-electron chi connectivity index (χ3n) is 7.72. The van der Waals surface area contributed by atoms with Gasteiger partial charge in [-0.15, -0.1) is 34.9 Å². The fraction of sp³-hybridized carbons (Fsp3) is 0.542. The molecular weight excluding hydrogens is 494 g/mol. The van der Waals surface area contributed by atoms with Crippen LogP contribution in [-0.4, -0.2) is 4.98 Å². The second-order valence-corrected chi connectivity index (χ2v) is 8.91. The number of rotatable bonds is 1.